The number of hydrogen-bond donors (Lipinski definition) is 2. The fraction of sp³-hybridized carbons (Fsp3) is 0. The molecule has 17 heavy (non-hydrogen) atoms. The molecule has 0 saturated heterocycles. The number of nitrogens with zero attached hydrogens (tertiary/aromatic N) is 1. The summed E-state index contributed by atoms with van der Waals surface area (Å²) in [5.74, 6) is -0.235. The van der Waals surface area contributed by atoms with Crippen molar-refractivity contribution in [3.05, 3.63) is 53.3 Å². The zero-order valence-corrected chi connectivity index (χ0v) is 9.61. The Morgan fingerprint density at radius 3 is 2.59 bits per heavy atom. The Labute approximate surface area is 103 Å². The summed E-state index contributed by atoms with van der Waals surface area (Å²) in [5, 5.41) is 3.24. The highest BCUT2D eigenvalue weighted by molar-refractivity contribution is 6.31. The van der Waals surface area contributed by atoms with Crippen molar-refractivity contribution < 1.29 is 4.79 Å². The van der Waals surface area contributed by atoms with E-state index in [9.17, 15) is 4.79 Å². The zero-order chi connectivity index (χ0) is 12.3. The third-order valence-electron chi connectivity index (χ3n) is 2.20. The Hall–Kier alpha value is -2.07. The fourth-order valence-corrected chi connectivity index (χ4v) is 1.53. The quantitative estimate of drug-likeness (QED) is 0.802. The summed E-state index contributed by atoms with van der Waals surface area (Å²) < 4.78 is 0. The number of rotatable bonds is 2. The standard InChI is InChI=1S/C12H10ClN3O/c13-9-1-2-11(10(14)7-9)16-12(17)8-3-5-15-6-4-8/h1-7H,14H2,(H,16,17). The van der Waals surface area contributed by atoms with Crippen LogP contribution in [0.2, 0.25) is 5.02 Å². The van der Waals surface area contributed by atoms with E-state index in [4.69, 9.17) is 17.3 Å². The summed E-state index contributed by atoms with van der Waals surface area (Å²) in [6, 6.07) is 8.17. The van der Waals surface area contributed by atoms with E-state index in [2.05, 4.69) is 10.3 Å². The van der Waals surface area contributed by atoms with Gasteiger partial charge in [-0.1, -0.05) is 11.6 Å². The molecule has 1 aromatic heterocycles. The first-order chi connectivity index (χ1) is 8.16. The van der Waals surface area contributed by atoms with Crippen LogP contribution >= 0.6 is 11.6 Å². The molecule has 0 spiro atoms. The van der Waals surface area contributed by atoms with Crippen molar-refractivity contribution in [2.24, 2.45) is 0 Å². The number of pyridine rings is 1. The van der Waals surface area contributed by atoms with Crippen LogP contribution in [0.15, 0.2) is 42.7 Å². The van der Waals surface area contributed by atoms with E-state index in [0.29, 0.717) is 22.0 Å². The van der Waals surface area contributed by atoms with Crippen molar-refractivity contribution >= 4 is 28.9 Å². The topological polar surface area (TPSA) is 68.0 Å². The van der Waals surface area contributed by atoms with Gasteiger partial charge >= 0.3 is 0 Å². The van der Waals surface area contributed by atoms with Gasteiger partial charge in [0.2, 0.25) is 0 Å². The van der Waals surface area contributed by atoms with Gasteiger partial charge in [0.05, 0.1) is 11.4 Å². The van der Waals surface area contributed by atoms with Crippen LogP contribution < -0.4 is 11.1 Å². The molecule has 1 amide bonds. The third-order valence-corrected chi connectivity index (χ3v) is 2.44. The molecule has 2 rings (SSSR count). The molecule has 0 saturated carbocycles. The van der Waals surface area contributed by atoms with Gasteiger partial charge in [0, 0.05) is 23.0 Å². The average molecular weight is 248 g/mol. The number of anilines is 2. The SMILES string of the molecule is Nc1cc(Cl)ccc1NC(=O)c1ccncc1. The largest absolute Gasteiger partial charge is 0.397 e. The zero-order valence-electron chi connectivity index (χ0n) is 8.85. The second kappa shape index (κ2) is 4.84. The molecule has 2 aromatic rings. The maximum absolute atomic E-state index is 11.8. The predicted octanol–water partition coefficient (Wildman–Crippen LogP) is 2.57. The Morgan fingerprint density at radius 1 is 1.24 bits per heavy atom. The molecule has 3 N–H and O–H groups in total. The molecule has 5 heteroatoms. The minimum Gasteiger partial charge on any atom is -0.397 e. The highest BCUT2D eigenvalue weighted by atomic mass is 35.5. The highest BCUT2D eigenvalue weighted by Gasteiger charge is 2.07. The van der Waals surface area contributed by atoms with E-state index in [-0.39, 0.29) is 5.91 Å². The summed E-state index contributed by atoms with van der Waals surface area (Å²) in [6.45, 7) is 0. The summed E-state index contributed by atoms with van der Waals surface area (Å²) >= 11 is 5.77. The molecule has 0 aliphatic carbocycles. The van der Waals surface area contributed by atoms with Gasteiger partial charge in [0.25, 0.3) is 5.91 Å². The van der Waals surface area contributed by atoms with Gasteiger partial charge in [-0.25, -0.2) is 0 Å². The number of benzene rings is 1. The number of nitrogen functional groups attached to an aromatic ring is 1. The molecule has 0 bridgehead atoms. The van der Waals surface area contributed by atoms with Gasteiger partial charge in [-0.05, 0) is 30.3 Å². The summed E-state index contributed by atoms with van der Waals surface area (Å²) in [4.78, 5) is 15.7. The van der Waals surface area contributed by atoms with E-state index in [1.165, 1.54) is 0 Å². The predicted molar refractivity (Wildman–Crippen MR) is 68.1 cm³/mol. The summed E-state index contributed by atoms with van der Waals surface area (Å²) in [7, 11) is 0. The Kier molecular flexibility index (Phi) is 3.25. The van der Waals surface area contributed by atoms with Crippen molar-refractivity contribution in [3.8, 4) is 0 Å². The van der Waals surface area contributed by atoms with Gasteiger partial charge in [-0.3, -0.25) is 9.78 Å². The molecular weight excluding hydrogens is 238 g/mol. The van der Waals surface area contributed by atoms with E-state index >= 15 is 0 Å². The monoisotopic (exact) mass is 247 g/mol. The van der Waals surface area contributed by atoms with Gasteiger partial charge in [-0.2, -0.15) is 0 Å². The fourth-order valence-electron chi connectivity index (χ4n) is 1.35. The van der Waals surface area contributed by atoms with E-state index < -0.39 is 0 Å². The molecule has 86 valence electrons. The van der Waals surface area contributed by atoms with Gasteiger partial charge < -0.3 is 11.1 Å². The van der Waals surface area contributed by atoms with Crippen LogP contribution in [0.3, 0.4) is 0 Å². The summed E-state index contributed by atoms with van der Waals surface area (Å²) in [6.07, 6.45) is 3.11. The Bertz CT molecular complexity index is 543. The average Bonchev–Trinajstić information content (AvgIpc) is 2.34. The first-order valence-corrected chi connectivity index (χ1v) is 5.31. The number of carbonyl (C=O) groups is 1. The number of hydrogen-bond acceptors (Lipinski definition) is 3. The van der Waals surface area contributed by atoms with Crippen LogP contribution in [0.4, 0.5) is 11.4 Å². The van der Waals surface area contributed by atoms with E-state index in [1.807, 2.05) is 0 Å². The molecule has 0 unspecified atom stereocenters. The van der Waals surface area contributed by atoms with Crippen LogP contribution in [-0.2, 0) is 0 Å². The molecular formula is C12H10ClN3O. The number of carbonyl (C=O) groups excluding carboxylic acids is 1. The first kappa shape index (κ1) is 11.4. The first-order valence-electron chi connectivity index (χ1n) is 4.93. The van der Waals surface area contributed by atoms with Crippen LogP contribution in [-0.4, -0.2) is 10.9 Å². The van der Waals surface area contributed by atoms with Crippen LogP contribution in [0.1, 0.15) is 10.4 Å². The lowest BCUT2D eigenvalue weighted by atomic mass is 10.2. The minimum absolute atomic E-state index is 0.235. The normalized spacial score (nSPS) is 9.94. The molecule has 0 aliphatic heterocycles. The van der Waals surface area contributed by atoms with E-state index in [1.54, 1.807) is 42.7 Å². The molecule has 0 radical (unpaired) electrons. The molecule has 0 atom stereocenters. The molecule has 0 aliphatic rings. The van der Waals surface area contributed by atoms with Crippen molar-refractivity contribution in [1.29, 1.82) is 0 Å². The van der Waals surface area contributed by atoms with E-state index in [0.717, 1.165) is 0 Å². The Balaban J connectivity index is 2.19. The maximum Gasteiger partial charge on any atom is 0.255 e. The summed E-state index contributed by atoms with van der Waals surface area (Å²) in [5.41, 5.74) is 7.23. The number of amides is 1. The van der Waals surface area contributed by atoms with Crippen molar-refractivity contribution in [1.82, 2.24) is 4.98 Å². The number of halogens is 1. The van der Waals surface area contributed by atoms with Gasteiger partial charge in [-0.15, -0.1) is 0 Å². The number of nitrogens with two attached hydrogens (primary N) is 1. The third kappa shape index (κ3) is 2.73. The number of aromatic nitrogens is 1. The van der Waals surface area contributed by atoms with Gasteiger partial charge in [0.15, 0.2) is 0 Å². The number of nitrogens with one attached hydrogen (secondary N) is 1. The second-order valence-corrected chi connectivity index (χ2v) is 3.86. The molecule has 4 nitrogen and oxygen atoms in total. The van der Waals surface area contributed by atoms with Crippen LogP contribution in [0.5, 0.6) is 0 Å². The second-order valence-electron chi connectivity index (χ2n) is 3.42. The van der Waals surface area contributed by atoms with Crippen molar-refractivity contribution in [2.45, 2.75) is 0 Å². The lowest BCUT2D eigenvalue weighted by Gasteiger charge is -2.08. The Morgan fingerprint density at radius 2 is 1.94 bits per heavy atom. The van der Waals surface area contributed by atoms with Crippen LogP contribution in [0.25, 0.3) is 0 Å². The molecule has 0 fully saturated rings. The molecule has 1 heterocycles. The van der Waals surface area contributed by atoms with Crippen molar-refractivity contribution in [3.63, 3.8) is 0 Å². The molecule has 1 aromatic carbocycles. The van der Waals surface area contributed by atoms with Gasteiger partial charge in [0.1, 0.15) is 0 Å². The maximum atomic E-state index is 11.8. The van der Waals surface area contributed by atoms with Crippen molar-refractivity contribution in [2.75, 3.05) is 11.1 Å². The minimum atomic E-state index is -0.235. The lowest BCUT2D eigenvalue weighted by molar-refractivity contribution is 0.102. The van der Waals surface area contributed by atoms with Crippen LogP contribution in [0, 0.1) is 0 Å². The lowest BCUT2D eigenvalue weighted by Crippen LogP contribution is -2.13. The smallest absolute Gasteiger partial charge is 0.255 e. The highest BCUT2D eigenvalue weighted by Crippen LogP contribution is 2.23.